The molecule has 0 amide bonds. The molecule has 4 heteroatoms. The van der Waals surface area contributed by atoms with E-state index < -0.39 is 0 Å². The largest absolute Gasteiger partial charge is 0.325 e. The van der Waals surface area contributed by atoms with E-state index in [0.717, 1.165) is 15.9 Å². The van der Waals surface area contributed by atoms with Crippen LogP contribution in [-0.4, -0.2) is 9.78 Å². The predicted molar refractivity (Wildman–Crippen MR) is 48.5 cm³/mol. The Kier molecular flexibility index (Phi) is 2.67. The molecule has 1 heterocycles. The molecule has 1 aromatic heterocycles. The molecule has 3 nitrogen and oxygen atoms in total. The highest BCUT2D eigenvalue weighted by atomic mass is 127. The number of rotatable bonds is 2. The fraction of sp³-hybridized carbons (Fsp3) is 0.500. The lowest BCUT2D eigenvalue weighted by Gasteiger charge is -1.98. The molecule has 56 valence electrons. The molecule has 0 spiro atoms. The first-order chi connectivity index (χ1) is 4.77. The quantitative estimate of drug-likeness (QED) is 0.796. The van der Waals surface area contributed by atoms with Gasteiger partial charge < -0.3 is 5.73 Å². The van der Waals surface area contributed by atoms with Crippen molar-refractivity contribution in [2.45, 2.75) is 20.0 Å². The standard InChI is InChI=1S/C6H10IN3/c1-2-10-5(4-8)3-6(7)9-10/h3H,2,4,8H2,1H3. The lowest BCUT2D eigenvalue weighted by molar-refractivity contribution is 0.619. The molecule has 0 aliphatic carbocycles. The number of nitrogens with two attached hydrogens (primary N) is 1. The first kappa shape index (κ1) is 8.00. The Morgan fingerprint density at radius 1 is 1.80 bits per heavy atom. The second-order valence-electron chi connectivity index (χ2n) is 1.98. The van der Waals surface area contributed by atoms with Crippen molar-refractivity contribution in [3.05, 3.63) is 15.5 Å². The molecule has 0 aliphatic heterocycles. The van der Waals surface area contributed by atoms with Crippen LogP contribution < -0.4 is 5.73 Å². The van der Waals surface area contributed by atoms with Gasteiger partial charge in [0.15, 0.2) is 0 Å². The average molecular weight is 251 g/mol. The molecule has 2 N–H and O–H groups in total. The van der Waals surface area contributed by atoms with E-state index in [0.29, 0.717) is 6.54 Å². The van der Waals surface area contributed by atoms with Crippen LogP contribution in [0.5, 0.6) is 0 Å². The van der Waals surface area contributed by atoms with Gasteiger partial charge in [-0.2, -0.15) is 5.10 Å². The summed E-state index contributed by atoms with van der Waals surface area (Å²) in [6.07, 6.45) is 0. The number of aromatic nitrogens is 2. The summed E-state index contributed by atoms with van der Waals surface area (Å²) in [5.74, 6) is 0. The highest BCUT2D eigenvalue weighted by Gasteiger charge is 2.00. The molecule has 0 saturated carbocycles. The molecule has 0 unspecified atom stereocenters. The Labute approximate surface area is 73.7 Å². The Bertz CT molecular complexity index is 197. The van der Waals surface area contributed by atoms with Gasteiger partial charge >= 0.3 is 0 Å². The number of hydrogen-bond donors (Lipinski definition) is 1. The molecular formula is C6H10IN3. The molecule has 1 rings (SSSR count). The Morgan fingerprint density at radius 3 is 2.90 bits per heavy atom. The van der Waals surface area contributed by atoms with Gasteiger partial charge in [0.2, 0.25) is 0 Å². The molecular weight excluding hydrogens is 241 g/mol. The third-order valence-corrected chi connectivity index (χ3v) is 1.87. The lowest BCUT2D eigenvalue weighted by Crippen LogP contribution is -2.06. The third-order valence-electron chi connectivity index (χ3n) is 1.34. The highest BCUT2D eigenvalue weighted by Crippen LogP contribution is 2.05. The first-order valence-corrected chi connectivity index (χ1v) is 4.28. The molecule has 1 aromatic rings. The smallest absolute Gasteiger partial charge is 0.123 e. The SMILES string of the molecule is CCn1nc(I)cc1CN. The summed E-state index contributed by atoms with van der Waals surface area (Å²) in [4.78, 5) is 0. The van der Waals surface area contributed by atoms with Crippen LogP contribution in [0, 0.1) is 3.70 Å². The van der Waals surface area contributed by atoms with Crippen molar-refractivity contribution in [2.75, 3.05) is 0 Å². The van der Waals surface area contributed by atoms with Gasteiger partial charge in [0.1, 0.15) is 3.70 Å². The van der Waals surface area contributed by atoms with E-state index in [2.05, 4.69) is 34.6 Å². The maximum Gasteiger partial charge on any atom is 0.123 e. The van der Waals surface area contributed by atoms with Crippen LogP contribution in [0.2, 0.25) is 0 Å². The molecule has 0 bridgehead atoms. The average Bonchev–Trinajstić information content (AvgIpc) is 2.30. The summed E-state index contributed by atoms with van der Waals surface area (Å²) in [6, 6.07) is 2.00. The molecule has 10 heavy (non-hydrogen) atoms. The minimum atomic E-state index is 0.573. The maximum absolute atomic E-state index is 5.48. The number of nitrogens with zero attached hydrogens (tertiary/aromatic N) is 2. The zero-order chi connectivity index (χ0) is 7.56. The molecule has 0 saturated heterocycles. The maximum atomic E-state index is 5.48. The molecule has 0 atom stereocenters. The van der Waals surface area contributed by atoms with E-state index in [1.54, 1.807) is 0 Å². The van der Waals surface area contributed by atoms with Crippen molar-refractivity contribution in [3.8, 4) is 0 Å². The van der Waals surface area contributed by atoms with Crippen molar-refractivity contribution >= 4 is 22.6 Å². The Morgan fingerprint density at radius 2 is 2.50 bits per heavy atom. The van der Waals surface area contributed by atoms with Crippen LogP contribution in [0.3, 0.4) is 0 Å². The van der Waals surface area contributed by atoms with Crippen LogP contribution in [0.4, 0.5) is 0 Å². The van der Waals surface area contributed by atoms with Crippen molar-refractivity contribution in [1.29, 1.82) is 0 Å². The zero-order valence-electron chi connectivity index (χ0n) is 5.84. The molecule has 0 radical (unpaired) electrons. The van der Waals surface area contributed by atoms with E-state index >= 15 is 0 Å². The van der Waals surface area contributed by atoms with Crippen molar-refractivity contribution in [3.63, 3.8) is 0 Å². The van der Waals surface area contributed by atoms with Crippen molar-refractivity contribution in [1.82, 2.24) is 9.78 Å². The minimum absolute atomic E-state index is 0.573. The van der Waals surface area contributed by atoms with E-state index in [4.69, 9.17) is 5.73 Å². The van der Waals surface area contributed by atoms with Gasteiger partial charge in [-0.25, -0.2) is 0 Å². The third kappa shape index (κ3) is 1.49. The van der Waals surface area contributed by atoms with Crippen LogP contribution in [0.15, 0.2) is 6.07 Å². The topological polar surface area (TPSA) is 43.8 Å². The van der Waals surface area contributed by atoms with Gasteiger partial charge in [0, 0.05) is 13.1 Å². The lowest BCUT2D eigenvalue weighted by atomic mass is 10.4. The van der Waals surface area contributed by atoms with E-state index in [1.165, 1.54) is 0 Å². The van der Waals surface area contributed by atoms with Gasteiger partial charge in [-0.1, -0.05) is 0 Å². The molecule has 0 aromatic carbocycles. The zero-order valence-corrected chi connectivity index (χ0v) is 8.00. The molecule has 0 fully saturated rings. The van der Waals surface area contributed by atoms with Gasteiger partial charge in [0.25, 0.3) is 0 Å². The summed E-state index contributed by atoms with van der Waals surface area (Å²) >= 11 is 2.19. The monoisotopic (exact) mass is 251 g/mol. The second kappa shape index (κ2) is 3.34. The van der Waals surface area contributed by atoms with Crippen molar-refractivity contribution in [2.24, 2.45) is 5.73 Å². The summed E-state index contributed by atoms with van der Waals surface area (Å²) < 4.78 is 2.93. The van der Waals surface area contributed by atoms with Gasteiger partial charge in [0.05, 0.1) is 5.69 Å². The normalized spacial score (nSPS) is 10.3. The van der Waals surface area contributed by atoms with E-state index in [1.807, 2.05) is 10.7 Å². The van der Waals surface area contributed by atoms with E-state index in [9.17, 15) is 0 Å². The summed E-state index contributed by atoms with van der Waals surface area (Å²) in [5.41, 5.74) is 6.58. The van der Waals surface area contributed by atoms with E-state index in [-0.39, 0.29) is 0 Å². The number of aryl methyl sites for hydroxylation is 1. The second-order valence-corrected chi connectivity index (χ2v) is 3.08. The Hall–Kier alpha value is -0.100. The fourth-order valence-electron chi connectivity index (χ4n) is 0.859. The number of hydrogen-bond acceptors (Lipinski definition) is 2. The fourth-order valence-corrected chi connectivity index (χ4v) is 1.48. The van der Waals surface area contributed by atoms with Gasteiger partial charge in [-0.15, -0.1) is 0 Å². The van der Waals surface area contributed by atoms with Crippen molar-refractivity contribution < 1.29 is 0 Å². The Balaban J connectivity index is 2.96. The highest BCUT2D eigenvalue weighted by molar-refractivity contribution is 14.1. The minimum Gasteiger partial charge on any atom is -0.325 e. The van der Waals surface area contributed by atoms with Crippen LogP contribution in [-0.2, 0) is 13.1 Å². The summed E-state index contributed by atoms with van der Waals surface area (Å²) in [5, 5.41) is 4.22. The summed E-state index contributed by atoms with van der Waals surface area (Å²) in [6.45, 7) is 3.53. The summed E-state index contributed by atoms with van der Waals surface area (Å²) in [7, 11) is 0. The first-order valence-electron chi connectivity index (χ1n) is 3.20. The van der Waals surface area contributed by atoms with Crippen LogP contribution >= 0.6 is 22.6 Å². The van der Waals surface area contributed by atoms with Gasteiger partial charge in [-0.05, 0) is 35.6 Å². The predicted octanol–water partition coefficient (Wildman–Crippen LogP) is 0.966. The van der Waals surface area contributed by atoms with Gasteiger partial charge in [-0.3, -0.25) is 4.68 Å². The van der Waals surface area contributed by atoms with Crippen LogP contribution in [0.25, 0.3) is 0 Å². The number of halogens is 1. The molecule has 0 aliphatic rings. The van der Waals surface area contributed by atoms with Crippen LogP contribution in [0.1, 0.15) is 12.6 Å².